The van der Waals surface area contributed by atoms with E-state index in [1.807, 2.05) is 0 Å². The quantitative estimate of drug-likeness (QED) is 0.257. The summed E-state index contributed by atoms with van der Waals surface area (Å²) >= 11 is 0. The number of unbranched alkanes of at least 4 members (excludes halogenated alkanes) is 5. The topological polar surface area (TPSA) is 0 Å². The summed E-state index contributed by atoms with van der Waals surface area (Å²) in [6, 6.07) is 6.50. The molecule has 0 radical (unpaired) electrons. The molecule has 0 N–H and O–H groups in total. The third kappa shape index (κ3) is 18.4. The zero-order chi connectivity index (χ0) is 33.2. The molecule has 3 fully saturated rings. The average Bonchev–Trinajstić information content (AvgIpc) is 2.96. The summed E-state index contributed by atoms with van der Waals surface area (Å²) in [5, 5.41) is 0. The van der Waals surface area contributed by atoms with Gasteiger partial charge >= 0.3 is 0 Å². The van der Waals surface area contributed by atoms with Crippen molar-refractivity contribution in [2.45, 2.75) is 205 Å². The van der Waals surface area contributed by atoms with E-state index < -0.39 is 0 Å². The van der Waals surface area contributed by atoms with Crippen LogP contribution in [0, 0.1) is 61.2 Å². The van der Waals surface area contributed by atoms with Crippen LogP contribution in [-0.2, 0) is 0 Å². The van der Waals surface area contributed by atoms with Gasteiger partial charge in [-0.3, -0.25) is 0 Å². The molecular weight excluding hydrogens is 528 g/mol. The Labute approximate surface area is 279 Å². The summed E-state index contributed by atoms with van der Waals surface area (Å²) in [6.45, 7) is 27.8. The van der Waals surface area contributed by atoms with Crippen molar-refractivity contribution in [2.75, 3.05) is 0 Å². The smallest absolute Gasteiger partial charge is 0.0321 e. The van der Waals surface area contributed by atoms with E-state index in [-0.39, 0.29) is 0 Å². The molecule has 0 heterocycles. The molecular formula is C44H82. The highest BCUT2D eigenvalue weighted by atomic mass is 14.4. The van der Waals surface area contributed by atoms with Crippen molar-refractivity contribution in [2.24, 2.45) is 40.4 Å². The standard InChI is InChI=1S/C15H28.C12H24.C9H12.C8H18/c1-12-3-7-14(8-4-12)11-15-9-5-13(2)6-10-15;1-6-12(5)8-10(2)7-11(3,4)9-12;1-7-4-5-8(2)9(3)6-7;1-3-5-7-8-6-4-2/h12-15H,3-11H2,1-2H3;10H,6-9H2,1-5H3;4-6H,1-3H3;3-8H2,1-2H3. The van der Waals surface area contributed by atoms with Crippen molar-refractivity contribution >= 4 is 0 Å². The number of aryl methyl sites for hydroxylation is 3. The van der Waals surface area contributed by atoms with Gasteiger partial charge in [-0.1, -0.05) is 182 Å². The molecule has 0 bridgehead atoms. The van der Waals surface area contributed by atoms with Crippen LogP contribution >= 0.6 is 0 Å². The van der Waals surface area contributed by atoms with Crippen molar-refractivity contribution in [1.82, 2.24) is 0 Å². The van der Waals surface area contributed by atoms with E-state index in [0.29, 0.717) is 10.8 Å². The van der Waals surface area contributed by atoms with E-state index >= 15 is 0 Å². The Balaban J connectivity index is 0.000000303. The molecule has 2 atom stereocenters. The van der Waals surface area contributed by atoms with Gasteiger partial charge in [0.25, 0.3) is 0 Å². The Morgan fingerprint density at radius 1 is 0.591 bits per heavy atom. The predicted molar refractivity (Wildman–Crippen MR) is 202 cm³/mol. The van der Waals surface area contributed by atoms with E-state index in [9.17, 15) is 0 Å². The summed E-state index contributed by atoms with van der Waals surface area (Å²) in [4.78, 5) is 0. The van der Waals surface area contributed by atoms with Crippen molar-refractivity contribution in [3.8, 4) is 0 Å². The highest BCUT2D eigenvalue weighted by Gasteiger charge is 2.38. The van der Waals surface area contributed by atoms with Gasteiger partial charge in [0, 0.05) is 0 Å². The second kappa shape index (κ2) is 21.9. The molecule has 1 aromatic rings. The summed E-state index contributed by atoms with van der Waals surface area (Å²) in [5.74, 6) is 5.16. The normalized spacial score (nSPS) is 29.6. The average molecular weight is 611 g/mol. The van der Waals surface area contributed by atoms with E-state index in [0.717, 1.165) is 29.6 Å². The van der Waals surface area contributed by atoms with Gasteiger partial charge in [-0.25, -0.2) is 0 Å². The van der Waals surface area contributed by atoms with Crippen molar-refractivity contribution in [3.05, 3.63) is 34.9 Å². The maximum absolute atomic E-state index is 2.46. The van der Waals surface area contributed by atoms with Gasteiger partial charge in [-0.2, -0.15) is 0 Å². The SMILES string of the molecule is CC1CCC(CC2CCC(C)CC2)CC1.CCC1(C)CC(C)CC(C)(C)C1.CCCCCCCC.Cc1ccc(C)c(C)c1. The number of rotatable bonds is 8. The highest BCUT2D eigenvalue weighted by molar-refractivity contribution is 5.28. The van der Waals surface area contributed by atoms with E-state index in [2.05, 4.69) is 101 Å². The van der Waals surface area contributed by atoms with Gasteiger partial charge in [-0.05, 0) is 98.0 Å². The van der Waals surface area contributed by atoms with Crippen LogP contribution in [0.15, 0.2) is 18.2 Å². The fourth-order valence-electron chi connectivity index (χ4n) is 8.77. The maximum Gasteiger partial charge on any atom is -0.0321 e. The molecule has 4 rings (SSSR count). The Kier molecular flexibility index (Phi) is 20.5. The molecule has 3 saturated carbocycles. The summed E-state index contributed by atoms with van der Waals surface area (Å²) in [5.41, 5.74) is 5.32. The Morgan fingerprint density at radius 3 is 1.43 bits per heavy atom. The Bertz CT molecular complexity index is 806. The number of benzene rings is 1. The van der Waals surface area contributed by atoms with Crippen LogP contribution in [-0.4, -0.2) is 0 Å². The lowest BCUT2D eigenvalue weighted by molar-refractivity contribution is 0.0582. The third-order valence-corrected chi connectivity index (χ3v) is 11.6. The van der Waals surface area contributed by atoms with Crippen LogP contribution in [0.4, 0.5) is 0 Å². The molecule has 0 amide bonds. The second-order valence-corrected chi connectivity index (χ2v) is 17.5. The first-order valence-corrected chi connectivity index (χ1v) is 19.8. The van der Waals surface area contributed by atoms with Crippen LogP contribution in [0.5, 0.6) is 0 Å². The minimum Gasteiger partial charge on any atom is -0.0654 e. The maximum atomic E-state index is 2.46. The van der Waals surface area contributed by atoms with Gasteiger partial charge in [-0.15, -0.1) is 0 Å². The van der Waals surface area contributed by atoms with Crippen LogP contribution < -0.4 is 0 Å². The molecule has 0 heteroatoms. The summed E-state index contributed by atoms with van der Waals surface area (Å²) in [6.07, 6.45) is 27.8. The van der Waals surface area contributed by atoms with Crippen LogP contribution in [0.25, 0.3) is 0 Å². The minimum atomic E-state index is 0.586. The first kappa shape index (κ1) is 41.2. The van der Waals surface area contributed by atoms with Gasteiger partial charge in [0.1, 0.15) is 0 Å². The minimum absolute atomic E-state index is 0.586. The van der Waals surface area contributed by atoms with E-state index in [1.54, 1.807) is 6.42 Å². The highest BCUT2D eigenvalue weighted by Crippen LogP contribution is 2.50. The molecule has 2 unspecified atom stereocenters. The lowest BCUT2D eigenvalue weighted by Gasteiger charge is -2.45. The molecule has 0 saturated heterocycles. The number of hydrogen-bond acceptors (Lipinski definition) is 0. The molecule has 0 spiro atoms. The zero-order valence-electron chi connectivity index (χ0n) is 32.6. The molecule has 44 heavy (non-hydrogen) atoms. The lowest BCUT2D eigenvalue weighted by Crippen LogP contribution is -2.34. The van der Waals surface area contributed by atoms with Gasteiger partial charge in [0.15, 0.2) is 0 Å². The lowest BCUT2D eigenvalue weighted by atomic mass is 9.60. The van der Waals surface area contributed by atoms with Crippen LogP contribution in [0.1, 0.15) is 201 Å². The van der Waals surface area contributed by atoms with Crippen molar-refractivity contribution in [1.29, 1.82) is 0 Å². The zero-order valence-corrected chi connectivity index (χ0v) is 32.6. The molecule has 3 aliphatic carbocycles. The first-order valence-electron chi connectivity index (χ1n) is 19.8. The largest absolute Gasteiger partial charge is 0.0654 e. The number of hydrogen-bond donors (Lipinski definition) is 0. The van der Waals surface area contributed by atoms with E-state index in [4.69, 9.17) is 0 Å². The monoisotopic (exact) mass is 611 g/mol. The fraction of sp³-hybridized carbons (Fsp3) is 0.864. The molecule has 0 aliphatic heterocycles. The van der Waals surface area contributed by atoms with Crippen molar-refractivity contribution in [3.63, 3.8) is 0 Å². The van der Waals surface area contributed by atoms with Crippen LogP contribution in [0.3, 0.4) is 0 Å². The molecule has 0 aromatic heterocycles. The molecule has 3 aliphatic rings. The van der Waals surface area contributed by atoms with E-state index in [1.165, 1.54) is 132 Å². The van der Waals surface area contributed by atoms with Gasteiger partial charge < -0.3 is 0 Å². The fourth-order valence-corrected chi connectivity index (χ4v) is 8.77. The molecule has 1 aromatic carbocycles. The summed E-state index contributed by atoms with van der Waals surface area (Å²) in [7, 11) is 0. The Hall–Kier alpha value is -0.780. The second-order valence-electron chi connectivity index (χ2n) is 17.5. The van der Waals surface area contributed by atoms with Crippen LogP contribution in [0.2, 0.25) is 0 Å². The Morgan fingerprint density at radius 2 is 1.07 bits per heavy atom. The summed E-state index contributed by atoms with van der Waals surface area (Å²) < 4.78 is 0. The molecule has 258 valence electrons. The van der Waals surface area contributed by atoms with Gasteiger partial charge in [0.05, 0.1) is 0 Å². The predicted octanol–water partition coefficient (Wildman–Crippen LogP) is 15.3. The van der Waals surface area contributed by atoms with Crippen molar-refractivity contribution < 1.29 is 0 Å². The van der Waals surface area contributed by atoms with Gasteiger partial charge in [0.2, 0.25) is 0 Å². The first-order chi connectivity index (χ1) is 20.7. The third-order valence-electron chi connectivity index (χ3n) is 11.6. The molecule has 0 nitrogen and oxygen atoms in total.